The Morgan fingerprint density at radius 1 is 1.53 bits per heavy atom. The van der Waals surface area contributed by atoms with Gasteiger partial charge in [0.2, 0.25) is 0 Å². The largest absolute Gasteiger partial charge is 0.338 e. The van der Waals surface area contributed by atoms with Crippen LogP contribution in [0.3, 0.4) is 0 Å². The van der Waals surface area contributed by atoms with Crippen LogP contribution in [-0.2, 0) is 0 Å². The molecule has 0 aromatic carbocycles. The molecule has 2 aliphatic heterocycles. The summed E-state index contributed by atoms with van der Waals surface area (Å²) in [5.74, 6) is 0.522. The van der Waals surface area contributed by atoms with Crippen LogP contribution in [-0.4, -0.2) is 42.6 Å². The lowest BCUT2D eigenvalue weighted by molar-refractivity contribution is 0.191. The van der Waals surface area contributed by atoms with E-state index in [1.54, 1.807) is 0 Å². The molecule has 15 heavy (non-hydrogen) atoms. The van der Waals surface area contributed by atoms with E-state index in [2.05, 4.69) is 24.5 Å². The average Bonchev–Trinajstić information content (AvgIpc) is 2.74. The maximum atomic E-state index is 11.9. The Morgan fingerprint density at radius 2 is 2.33 bits per heavy atom. The summed E-state index contributed by atoms with van der Waals surface area (Å²) in [5.41, 5.74) is 0. The van der Waals surface area contributed by atoms with Gasteiger partial charge in [0.15, 0.2) is 0 Å². The minimum Gasteiger partial charge on any atom is -0.338 e. The number of hydrogen-bond donors (Lipinski definition) is 2. The summed E-state index contributed by atoms with van der Waals surface area (Å²) in [6.07, 6.45) is 2.22. The number of carbonyl (C=O) groups is 1. The van der Waals surface area contributed by atoms with Gasteiger partial charge in [0.1, 0.15) is 0 Å². The van der Waals surface area contributed by atoms with Gasteiger partial charge in [-0.3, -0.25) is 0 Å². The first-order valence-electron chi connectivity index (χ1n) is 5.96. The molecule has 2 atom stereocenters. The van der Waals surface area contributed by atoms with Crippen molar-refractivity contribution in [1.29, 1.82) is 0 Å². The molecular formula is C11H21N3O. The van der Waals surface area contributed by atoms with Crippen LogP contribution >= 0.6 is 0 Å². The van der Waals surface area contributed by atoms with E-state index < -0.39 is 0 Å². The van der Waals surface area contributed by atoms with Crippen molar-refractivity contribution in [3.63, 3.8) is 0 Å². The third-order valence-corrected chi connectivity index (χ3v) is 3.31. The van der Waals surface area contributed by atoms with E-state index in [1.165, 1.54) is 0 Å². The van der Waals surface area contributed by atoms with Gasteiger partial charge in [-0.25, -0.2) is 4.79 Å². The number of fused-ring (bicyclic) bond motifs is 1. The van der Waals surface area contributed by atoms with E-state index in [9.17, 15) is 4.79 Å². The molecule has 2 saturated heterocycles. The molecule has 2 N–H and O–H groups in total. The first-order valence-corrected chi connectivity index (χ1v) is 5.96. The number of rotatable bonds is 2. The number of carbonyl (C=O) groups excluding carboxylic acids is 1. The summed E-state index contributed by atoms with van der Waals surface area (Å²) in [5, 5.41) is 6.44. The molecule has 2 aliphatic rings. The standard InChI is InChI=1S/C11H21N3O/c1-8(2)7-13-11(15)14-6-4-9-10(14)3-5-12-9/h8-10,12H,3-7H2,1-2H3,(H,13,15). The Labute approximate surface area is 91.4 Å². The van der Waals surface area contributed by atoms with Crippen molar-refractivity contribution in [2.24, 2.45) is 5.92 Å². The molecule has 0 aromatic heterocycles. The van der Waals surface area contributed by atoms with Crippen molar-refractivity contribution in [2.45, 2.75) is 38.8 Å². The zero-order chi connectivity index (χ0) is 10.8. The number of nitrogens with zero attached hydrogens (tertiary/aromatic N) is 1. The van der Waals surface area contributed by atoms with Crippen LogP contribution in [0.2, 0.25) is 0 Å². The molecular weight excluding hydrogens is 190 g/mol. The van der Waals surface area contributed by atoms with E-state index in [-0.39, 0.29) is 6.03 Å². The highest BCUT2D eigenvalue weighted by Crippen LogP contribution is 2.24. The van der Waals surface area contributed by atoms with E-state index in [0.717, 1.165) is 32.5 Å². The molecule has 0 radical (unpaired) electrons. The van der Waals surface area contributed by atoms with Crippen LogP contribution in [0.25, 0.3) is 0 Å². The van der Waals surface area contributed by atoms with Crippen LogP contribution in [0.5, 0.6) is 0 Å². The summed E-state index contributed by atoms with van der Waals surface area (Å²) in [6, 6.07) is 1.12. The predicted octanol–water partition coefficient (Wildman–Crippen LogP) is 0.788. The fourth-order valence-corrected chi connectivity index (χ4v) is 2.51. The van der Waals surface area contributed by atoms with Crippen LogP contribution in [0, 0.1) is 5.92 Å². The van der Waals surface area contributed by atoms with E-state index >= 15 is 0 Å². The maximum absolute atomic E-state index is 11.9. The summed E-state index contributed by atoms with van der Waals surface area (Å²) >= 11 is 0. The first-order chi connectivity index (χ1) is 7.18. The smallest absolute Gasteiger partial charge is 0.317 e. The van der Waals surface area contributed by atoms with Gasteiger partial charge in [0.05, 0.1) is 6.04 Å². The molecule has 2 amide bonds. The summed E-state index contributed by atoms with van der Waals surface area (Å²) in [4.78, 5) is 13.9. The van der Waals surface area contributed by atoms with Gasteiger partial charge in [0, 0.05) is 19.1 Å². The number of amides is 2. The van der Waals surface area contributed by atoms with E-state index in [4.69, 9.17) is 0 Å². The van der Waals surface area contributed by atoms with Crippen LogP contribution < -0.4 is 10.6 Å². The topological polar surface area (TPSA) is 44.4 Å². The second-order valence-corrected chi connectivity index (χ2v) is 4.98. The minimum absolute atomic E-state index is 0.125. The van der Waals surface area contributed by atoms with Gasteiger partial charge in [0.25, 0.3) is 0 Å². The fourth-order valence-electron chi connectivity index (χ4n) is 2.51. The van der Waals surface area contributed by atoms with Gasteiger partial charge in [-0.15, -0.1) is 0 Å². The highest BCUT2D eigenvalue weighted by Gasteiger charge is 2.39. The number of hydrogen-bond acceptors (Lipinski definition) is 2. The molecule has 2 heterocycles. The number of likely N-dealkylation sites (tertiary alicyclic amines) is 1. The highest BCUT2D eigenvalue weighted by molar-refractivity contribution is 5.75. The van der Waals surface area contributed by atoms with Crippen molar-refractivity contribution in [2.75, 3.05) is 19.6 Å². The molecule has 4 nitrogen and oxygen atoms in total. The predicted molar refractivity (Wildman–Crippen MR) is 59.8 cm³/mol. The molecule has 86 valence electrons. The van der Waals surface area contributed by atoms with Crippen LogP contribution in [0.1, 0.15) is 26.7 Å². The van der Waals surface area contributed by atoms with Crippen molar-refractivity contribution >= 4 is 6.03 Å². The maximum Gasteiger partial charge on any atom is 0.317 e. The van der Waals surface area contributed by atoms with Gasteiger partial charge in [-0.05, 0) is 25.3 Å². The molecule has 2 fully saturated rings. The van der Waals surface area contributed by atoms with E-state index in [1.807, 2.05) is 4.90 Å². The van der Waals surface area contributed by atoms with Crippen LogP contribution in [0.15, 0.2) is 0 Å². The Bertz CT molecular complexity index is 242. The van der Waals surface area contributed by atoms with Crippen molar-refractivity contribution in [1.82, 2.24) is 15.5 Å². The molecule has 0 bridgehead atoms. The SMILES string of the molecule is CC(C)CNC(=O)N1CCC2NCCC21. The van der Waals surface area contributed by atoms with Gasteiger partial charge >= 0.3 is 6.03 Å². The van der Waals surface area contributed by atoms with E-state index in [0.29, 0.717) is 18.0 Å². The number of urea groups is 1. The second kappa shape index (κ2) is 4.39. The van der Waals surface area contributed by atoms with Gasteiger partial charge < -0.3 is 15.5 Å². The summed E-state index contributed by atoms with van der Waals surface area (Å²) in [7, 11) is 0. The Morgan fingerprint density at radius 3 is 3.07 bits per heavy atom. The fraction of sp³-hybridized carbons (Fsp3) is 0.909. The minimum atomic E-state index is 0.125. The summed E-state index contributed by atoms with van der Waals surface area (Å²) in [6.45, 7) is 6.98. The Balaban J connectivity index is 1.85. The normalized spacial score (nSPS) is 29.7. The first kappa shape index (κ1) is 10.7. The number of nitrogens with one attached hydrogen (secondary N) is 2. The Kier molecular flexibility index (Phi) is 3.14. The lowest BCUT2D eigenvalue weighted by atomic mass is 10.1. The zero-order valence-corrected chi connectivity index (χ0v) is 9.62. The summed E-state index contributed by atoms with van der Waals surface area (Å²) < 4.78 is 0. The van der Waals surface area contributed by atoms with Crippen molar-refractivity contribution in [3.05, 3.63) is 0 Å². The molecule has 0 aromatic rings. The van der Waals surface area contributed by atoms with Crippen molar-refractivity contribution in [3.8, 4) is 0 Å². The second-order valence-electron chi connectivity index (χ2n) is 4.98. The third kappa shape index (κ3) is 2.25. The molecule has 2 unspecified atom stereocenters. The lowest BCUT2D eigenvalue weighted by Crippen LogP contribution is -2.45. The van der Waals surface area contributed by atoms with Gasteiger partial charge in [-0.1, -0.05) is 13.8 Å². The average molecular weight is 211 g/mol. The lowest BCUT2D eigenvalue weighted by Gasteiger charge is -2.24. The van der Waals surface area contributed by atoms with Crippen molar-refractivity contribution < 1.29 is 4.79 Å². The molecule has 0 saturated carbocycles. The molecule has 2 rings (SSSR count). The third-order valence-electron chi connectivity index (χ3n) is 3.31. The molecule has 4 heteroatoms. The zero-order valence-electron chi connectivity index (χ0n) is 9.62. The van der Waals surface area contributed by atoms with Gasteiger partial charge in [-0.2, -0.15) is 0 Å². The quantitative estimate of drug-likeness (QED) is 0.709. The molecule has 0 aliphatic carbocycles. The van der Waals surface area contributed by atoms with Crippen LogP contribution in [0.4, 0.5) is 4.79 Å². The highest BCUT2D eigenvalue weighted by atomic mass is 16.2. The Hall–Kier alpha value is -0.770. The monoisotopic (exact) mass is 211 g/mol. The molecule has 0 spiro atoms.